The Hall–Kier alpha value is -1.88. The van der Waals surface area contributed by atoms with Crippen molar-refractivity contribution in [2.75, 3.05) is 25.0 Å². The number of amides is 2. The van der Waals surface area contributed by atoms with Crippen molar-refractivity contribution in [2.24, 2.45) is 5.73 Å². The molecule has 0 saturated heterocycles. The van der Waals surface area contributed by atoms with E-state index < -0.39 is 0 Å². The largest absolute Gasteiger partial charge is 0.351 e. The number of nitrogens with two attached hydrogens (primary N) is 1. The lowest BCUT2D eigenvalue weighted by molar-refractivity contribution is -0.118. The maximum Gasteiger partial charge on any atom is 0.251 e. The number of nitrogens with zero attached hydrogens (tertiary/aromatic N) is 1. The quantitative estimate of drug-likeness (QED) is 0.805. The van der Waals surface area contributed by atoms with E-state index in [4.69, 9.17) is 5.73 Å². The third-order valence-corrected chi connectivity index (χ3v) is 3.12. The topological polar surface area (TPSA) is 75.4 Å². The van der Waals surface area contributed by atoms with Gasteiger partial charge in [-0.1, -0.05) is 0 Å². The lowest BCUT2D eigenvalue weighted by Gasteiger charge is -2.26. The molecule has 5 nitrogen and oxygen atoms in total. The first kappa shape index (κ1) is 12.6. The zero-order valence-electron chi connectivity index (χ0n) is 10.4. The van der Waals surface area contributed by atoms with Crippen LogP contribution in [0.4, 0.5) is 5.69 Å². The van der Waals surface area contributed by atoms with Gasteiger partial charge in [-0.05, 0) is 30.2 Å². The van der Waals surface area contributed by atoms with E-state index in [1.807, 2.05) is 12.1 Å². The molecule has 0 bridgehead atoms. The molecular weight excluding hydrogens is 230 g/mol. The van der Waals surface area contributed by atoms with Gasteiger partial charge in [-0.2, -0.15) is 0 Å². The van der Waals surface area contributed by atoms with Crippen molar-refractivity contribution in [1.29, 1.82) is 0 Å². The van der Waals surface area contributed by atoms with Crippen molar-refractivity contribution in [3.63, 3.8) is 0 Å². The molecule has 0 aromatic heterocycles. The molecular formula is C13H17N3O2. The first-order valence-corrected chi connectivity index (χ1v) is 6.01. The molecule has 0 spiro atoms. The number of hydrogen-bond acceptors (Lipinski definition) is 3. The van der Waals surface area contributed by atoms with Gasteiger partial charge in [0, 0.05) is 37.8 Å². The summed E-state index contributed by atoms with van der Waals surface area (Å²) in [5, 5.41) is 2.73. The van der Waals surface area contributed by atoms with Crippen LogP contribution in [0.3, 0.4) is 0 Å². The maximum atomic E-state index is 11.8. The number of carbonyl (C=O) groups excluding carboxylic acids is 2. The highest BCUT2D eigenvalue weighted by molar-refractivity contribution is 5.98. The molecule has 0 saturated carbocycles. The van der Waals surface area contributed by atoms with Crippen LogP contribution in [0.2, 0.25) is 0 Å². The van der Waals surface area contributed by atoms with Crippen LogP contribution < -0.4 is 16.0 Å². The molecule has 2 amide bonds. The number of nitrogens with one attached hydrogen (secondary N) is 1. The second-order valence-electron chi connectivity index (χ2n) is 4.34. The zero-order chi connectivity index (χ0) is 13.1. The van der Waals surface area contributed by atoms with E-state index in [0.717, 1.165) is 11.3 Å². The SMILES string of the molecule is CN1C(=O)CCc2cc(C(=O)NCCN)ccc21. The molecule has 0 unspecified atom stereocenters. The summed E-state index contributed by atoms with van der Waals surface area (Å²) in [7, 11) is 1.76. The van der Waals surface area contributed by atoms with Gasteiger partial charge in [0.1, 0.15) is 0 Å². The summed E-state index contributed by atoms with van der Waals surface area (Å²) in [6.45, 7) is 0.891. The van der Waals surface area contributed by atoms with Gasteiger partial charge in [0.05, 0.1) is 0 Å². The maximum absolute atomic E-state index is 11.8. The van der Waals surface area contributed by atoms with Gasteiger partial charge in [0.2, 0.25) is 5.91 Å². The molecule has 0 atom stereocenters. The molecule has 0 aliphatic carbocycles. The first-order valence-electron chi connectivity index (χ1n) is 6.01. The summed E-state index contributed by atoms with van der Waals surface area (Å²) >= 11 is 0. The predicted octanol–water partition coefficient (Wildman–Crippen LogP) is 0.284. The van der Waals surface area contributed by atoms with E-state index in [0.29, 0.717) is 31.5 Å². The Morgan fingerprint density at radius 2 is 2.22 bits per heavy atom. The van der Waals surface area contributed by atoms with Crippen LogP contribution in [0.15, 0.2) is 18.2 Å². The molecule has 96 valence electrons. The number of carbonyl (C=O) groups is 2. The lowest BCUT2D eigenvalue weighted by atomic mass is 9.99. The van der Waals surface area contributed by atoms with E-state index >= 15 is 0 Å². The third kappa shape index (κ3) is 2.36. The fourth-order valence-corrected chi connectivity index (χ4v) is 2.09. The standard InChI is InChI=1S/C13H17N3O2/c1-16-11-4-2-10(13(18)15-7-6-14)8-9(11)3-5-12(16)17/h2,4,8H,3,5-7,14H2,1H3,(H,15,18). The Bertz CT molecular complexity index is 485. The summed E-state index contributed by atoms with van der Waals surface area (Å²) in [6, 6.07) is 5.41. The number of rotatable bonds is 3. The van der Waals surface area contributed by atoms with Crippen molar-refractivity contribution in [3.05, 3.63) is 29.3 Å². The Labute approximate surface area is 106 Å². The van der Waals surface area contributed by atoms with Gasteiger partial charge < -0.3 is 16.0 Å². The summed E-state index contributed by atoms with van der Waals surface area (Å²) in [5.74, 6) is -0.00867. The van der Waals surface area contributed by atoms with E-state index in [2.05, 4.69) is 5.32 Å². The van der Waals surface area contributed by atoms with Gasteiger partial charge in [0.15, 0.2) is 0 Å². The van der Waals surface area contributed by atoms with Crippen LogP contribution in [-0.4, -0.2) is 32.0 Å². The Balaban J connectivity index is 2.22. The molecule has 1 aliphatic rings. The van der Waals surface area contributed by atoms with Gasteiger partial charge in [-0.25, -0.2) is 0 Å². The highest BCUT2D eigenvalue weighted by Gasteiger charge is 2.21. The van der Waals surface area contributed by atoms with Crippen molar-refractivity contribution in [1.82, 2.24) is 5.32 Å². The smallest absolute Gasteiger partial charge is 0.251 e. The monoisotopic (exact) mass is 247 g/mol. The number of fused-ring (bicyclic) bond motifs is 1. The number of aryl methyl sites for hydroxylation is 1. The molecule has 1 aliphatic heterocycles. The Morgan fingerprint density at radius 1 is 1.44 bits per heavy atom. The minimum Gasteiger partial charge on any atom is -0.351 e. The van der Waals surface area contributed by atoms with Crippen molar-refractivity contribution < 1.29 is 9.59 Å². The predicted molar refractivity (Wildman–Crippen MR) is 69.6 cm³/mol. The molecule has 1 aromatic carbocycles. The molecule has 0 fully saturated rings. The molecule has 2 rings (SSSR count). The number of anilines is 1. The van der Waals surface area contributed by atoms with Crippen LogP contribution in [0, 0.1) is 0 Å². The highest BCUT2D eigenvalue weighted by atomic mass is 16.2. The molecule has 3 N–H and O–H groups in total. The van der Waals surface area contributed by atoms with Crippen LogP contribution in [0.5, 0.6) is 0 Å². The minimum atomic E-state index is -0.122. The Morgan fingerprint density at radius 3 is 2.94 bits per heavy atom. The number of benzene rings is 1. The van der Waals surface area contributed by atoms with Crippen LogP contribution in [0.1, 0.15) is 22.3 Å². The fourth-order valence-electron chi connectivity index (χ4n) is 2.09. The van der Waals surface area contributed by atoms with E-state index in [9.17, 15) is 9.59 Å². The highest BCUT2D eigenvalue weighted by Crippen LogP contribution is 2.27. The normalized spacial score (nSPS) is 14.3. The summed E-state index contributed by atoms with van der Waals surface area (Å²) in [5.41, 5.74) is 7.89. The molecule has 5 heteroatoms. The van der Waals surface area contributed by atoms with E-state index in [1.54, 1.807) is 18.0 Å². The zero-order valence-corrected chi connectivity index (χ0v) is 10.4. The van der Waals surface area contributed by atoms with Gasteiger partial charge >= 0.3 is 0 Å². The van der Waals surface area contributed by atoms with Crippen molar-refractivity contribution in [2.45, 2.75) is 12.8 Å². The van der Waals surface area contributed by atoms with Crippen molar-refractivity contribution in [3.8, 4) is 0 Å². The average Bonchev–Trinajstić information content (AvgIpc) is 2.40. The summed E-state index contributed by atoms with van der Waals surface area (Å²) in [4.78, 5) is 25.0. The molecule has 1 aromatic rings. The Kier molecular flexibility index (Phi) is 3.62. The van der Waals surface area contributed by atoms with Crippen LogP contribution in [0.25, 0.3) is 0 Å². The van der Waals surface area contributed by atoms with E-state index in [1.165, 1.54) is 0 Å². The summed E-state index contributed by atoms with van der Waals surface area (Å²) in [6.07, 6.45) is 1.19. The first-order chi connectivity index (χ1) is 8.63. The number of hydrogen-bond donors (Lipinski definition) is 2. The molecule has 0 radical (unpaired) electrons. The second-order valence-corrected chi connectivity index (χ2v) is 4.34. The van der Waals surface area contributed by atoms with Gasteiger partial charge in [-0.15, -0.1) is 0 Å². The minimum absolute atomic E-state index is 0.114. The molecule has 18 heavy (non-hydrogen) atoms. The fraction of sp³-hybridized carbons (Fsp3) is 0.385. The van der Waals surface area contributed by atoms with Crippen LogP contribution in [-0.2, 0) is 11.2 Å². The van der Waals surface area contributed by atoms with Gasteiger partial charge in [0.25, 0.3) is 5.91 Å². The van der Waals surface area contributed by atoms with Crippen LogP contribution >= 0.6 is 0 Å². The second kappa shape index (κ2) is 5.18. The van der Waals surface area contributed by atoms with E-state index in [-0.39, 0.29) is 11.8 Å². The third-order valence-electron chi connectivity index (χ3n) is 3.12. The molecule has 1 heterocycles. The summed E-state index contributed by atoms with van der Waals surface area (Å²) < 4.78 is 0. The van der Waals surface area contributed by atoms with Crippen molar-refractivity contribution >= 4 is 17.5 Å². The lowest BCUT2D eigenvalue weighted by Crippen LogP contribution is -2.32. The van der Waals surface area contributed by atoms with Gasteiger partial charge in [-0.3, -0.25) is 9.59 Å². The average molecular weight is 247 g/mol.